The Morgan fingerprint density at radius 2 is 2.05 bits per heavy atom. The molecule has 0 saturated carbocycles. The molecule has 0 aliphatic rings. The van der Waals surface area contributed by atoms with Crippen molar-refractivity contribution in [3.8, 4) is 0 Å². The summed E-state index contributed by atoms with van der Waals surface area (Å²) in [4.78, 5) is 16.3. The quantitative estimate of drug-likeness (QED) is 0.781. The third-order valence-corrected chi connectivity index (χ3v) is 3.14. The van der Waals surface area contributed by atoms with Crippen molar-refractivity contribution in [2.75, 3.05) is 0 Å². The van der Waals surface area contributed by atoms with Gasteiger partial charge < -0.3 is 9.73 Å². The summed E-state index contributed by atoms with van der Waals surface area (Å²) in [6.07, 6.45) is 0. The van der Waals surface area contributed by atoms with Crippen LogP contribution < -0.4 is 5.32 Å². The number of carbonyl (C=O) groups is 1. The third-order valence-electron chi connectivity index (χ3n) is 2.91. The number of furan rings is 1. The molecule has 0 fully saturated rings. The fourth-order valence-corrected chi connectivity index (χ4v) is 2.21. The van der Waals surface area contributed by atoms with Gasteiger partial charge in [0.25, 0.3) is 5.91 Å². The van der Waals surface area contributed by atoms with Crippen LogP contribution in [0.4, 0.5) is 0 Å². The third kappa shape index (κ3) is 2.34. The van der Waals surface area contributed by atoms with Crippen LogP contribution in [-0.2, 0) is 0 Å². The smallest absolute Gasteiger partial charge is 0.287 e. The normalized spacial score (nSPS) is 11.4. The SMILES string of the molecule is CC(C)NC(=O)c1cc2cc3ccc(Cl)cc3nc2o1. The van der Waals surface area contributed by atoms with Gasteiger partial charge in [0.2, 0.25) is 5.71 Å². The van der Waals surface area contributed by atoms with Gasteiger partial charge in [0.1, 0.15) is 0 Å². The van der Waals surface area contributed by atoms with Crippen LogP contribution in [0, 0.1) is 0 Å². The van der Waals surface area contributed by atoms with E-state index in [4.69, 9.17) is 16.0 Å². The summed E-state index contributed by atoms with van der Waals surface area (Å²) in [5.74, 6) is 0.0303. The molecular weight excluding hydrogens is 276 g/mol. The first-order chi connectivity index (χ1) is 9.52. The van der Waals surface area contributed by atoms with E-state index < -0.39 is 0 Å². The molecule has 2 aromatic heterocycles. The van der Waals surface area contributed by atoms with Gasteiger partial charge in [-0.3, -0.25) is 4.79 Å². The van der Waals surface area contributed by atoms with Crippen LogP contribution in [0.3, 0.4) is 0 Å². The maximum absolute atomic E-state index is 11.9. The minimum atomic E-state index is -0.236. The Labute approximate surface area is 120 Å². The molecule has 5 heteroatoms. The summed E-state index contributed by atoms with van der Waals surface area (Å²) < 4.78 is 5.51. The number of rotatable bonds is 2. The molecule has 0 bridgehead atoms. The Balaban J connectivity index is 2.10. The van der Waals surface area contributed by atoms with E-state index in [1.54, 1.807) is 12.1 Å². The van der Waals surface area contributed by atoms with Gasteiger partial charge in [0, 0.05) is 21.8 Å². The van der Waals surface area contributed by atoms with Crippen LogP contribution in [0.2, 0.25) is 5.02 Å². The lowest BCUT2D eigenvalue weighted by molar-refractivity contribution is 0.0917. The molecule has 1 N–H and O–H groups in total. The highest BCUT2D eigenvalue weighted by Gasteiger charge is 2.14. The molecule has 0 spiro atoms. The zero-order valence-corrected chi connectivity index (χ0v) is 11.9. The van der Waals surface area contributed by atoms with Crippen LogP contribution in [0.25, 0.3) is 22.0 Å². The second kappa shape index (κ2) is 4.80. The number of halogens is 1. The number of hydrogen-bond acceptors (Lipinski definition) is 3. The van der Waals surface area contributed by atoms with Gasteiger partial charge in [-0.2, -0.15) is 0 Å². The van der Waals surface area contributed by atoms with Crippen molar-refractivity contribution >= 4 is 39.5 Å². The number of fused-ring (bicyclic) bond motifs is 2. The standard InChI is InChI=1S/C15H13ClN2O2/c1-8(2)17-14(19)13-6-10-5-9-3-4-11(16)7-12(9)18-15(10)20-13/h3-8H,1-2H3,(H,17,19). The minimum absolute atomic E-state index is 0.0570. The molecule has 1 amide bonds. The monoisotopic (exact) mass is 288 g/mol. The molecule has 0 atom stereocenters. The van der Waals surface area contributed by atoms with Crippen LogP contribution in [0.15, 0.2) is 34.7 Å². The van der Waals surface area contributed by atoms with Gasteiger partial charge in [-0.1, -0.05) is 17.7 Å². The molecule has 0 radical (unpaired) electrons. The van der Waals surface area contributed by atoms with E-state index in [9.17, 15) is 4.79 Å². The molecular formula is C15H13ClN2O2. The Bertz CT molecular complexity index is 808. The molecule has 3 rings (SSSR count). The summed E-state index contributed by atoms with van der Waals surface area (Å²) >= 11 is 5.95. The van der Waals surface area contributed by atoms with Gasteiger partial charge in [-0.15, -0.1) is 0 Å². The van der Waals surface area contributed by atoms with Crippen LogP contribution >= 0.6 is 11.6 Å². The maximum Gasteiger partial charge on any atom is 0.287 e. The van der Waals surface area contributed by atoms with Gasteiger partial charge >= 0.3 is 0 Å². The van der Waals surface area contributed by atoms with E-state index in [-0.39, 0.29) is 17.7 Å². The topological polar surface area (TPSA) is 55.1 Å². The lowest BCUT2D eigenvalue weighted by Gasteiger charge is -2.04. The van der Waals surface area contributed by atoms with Crippen molar-refractivity contribution in [3.63, 3.8) is 0 Å². The largest absolute Gasteiger partial charge is 0.433 e. The molecule has 20 heavy (non-hydrogen) atoms. The highest BCUT2D eigenvalue weighted by Crippen LogP contribution is 2.24. The molecule has 0 aliphatic heterocycles. The van der Waals surface area contributed by atoms with Gasteiger partial charge in [0.15, 0.2) is 5.76 Å². The first-order valence-corrected chi connectivity index (χ1v) is 6.71. The van der Waals surface area contributed by atoms with Crippen LogP contribution in [0.5, 0.6) is 0 Å². The summed E-state index contributed by atoms with van der Waals surface area (Å²) in [6, 6.07) is 9.17. The summed E-state index contributed by atoms with van der Waals surface area (Å²) in [7, 11) is 0. The summed E-state index contributed by atoms with van der Waals surface area (Å²) in [6.45, 7) is 3.80. The maximum atomic E-state index is 11.9. The molecule has 0 saturated heterocycles. The highest BCUT2D eigenvalue weighted by atomic mass is 35.5. The zero-order valence-electron chi connectivity index (χ0n) is 11.1. The van der Waals surface area contributed by atoms with Gasteiger partial charge in [-0.05, 0) is 38.1 Å². The number of hydrogen-bond donors (Lipinski definition) is 1. The van der Waals surface area contributed by atoms with Crippen molar-refractivity contribution in [2.24, 2.45) is 0 Å². The van der Waals surface area contributed by atoms with Crippen molar-refractivity contribution in [1.82, 2.24) is 10.3 Å². The molecule has 0 unspecified atom stereocenters. The van der Waals surface area contributed by atoms with Crippen molar-refractivity contribution in [3.05, 3.63) is 41.1 Å². The van der Waals surface area contributed by atoms with E-state index in [2.05, 4.69) is 10.3 Å². The Hall–Kier alpha value is -2.07. The molecule has 2 heterocycles. The van der Waals surface area contributed by atoms with Gasteiger partial charge in [-0.25, -0.2) is 4.98 Å². The molecule has 4 nitrogen and oxygen atoms in total. The molecule has 3 aromatic rings. The van der Waals surface area contributed by atoms with Crippen molar-refractivity contribution < 1.29 is 9.21 Å². The van der Waals surface area contributed by atoms with Crippen LogP contribution in [-0.4, -0.2) is 16.9 Å². The Morgan fingerprint density at radius 3 is 2.80 bits per heavy atom. The van der Waals surface area contributed by atoms with E-state index in [1.165, 1.54) is 0 Å². The Morgan fingerprint density at radius 1 is 1.25 bits per heavy atom. The molecule has 1 aromatic carbocycles. The predicted octanol–water partition coefficient (Wildman–Crippen LogP) is 3.77. The van der Waals surface area contributed by atoms with E-state index in [0.29, 0.717) is 10.7 Å². The summed E-state index contributed by atoms with van der Waals surface area (Å²) in [5.41, 5.74) is 1.18. The average molecular weight is 289 g/mol. The number of nitrogens with zero attached hydrogens (tertiary/aromatic N) is 1. The first-order valence-electron chi connectivity index (χ1n) is 6.33. The van der Waals surface area contributed by atoms with Crippen LogP contribution in [0.1, 0.15) is 24.4 Å². The first kappa shape index (κ1) is 12.9. The van der Waals surface area contributed by atoms with Gasteiger partial charge in [0.05, 0.1) is 5.52 Å². The number of aromatic nitrogens is 1. The number of pyridine rings is 1. The lowest BCUT2D eigenvalue weighted by atomic mass is 10.2. The second-order valence-electron chi connectivity index (χ2n) is 4.96. The minimum Gasteiger partial charge on any atom is -0.433 e. The zero-order chi connectivity index (χ0) is 14.3. The Kier molecular flexibility index (Phi) is 3.10. The van der Waals surface area contributed by atoms with Crippen molar-refractivity contribution in [2.45, 2.75) is 19.9 Å². The number of nitrogens with one attached hydrogen (secondary N) is 1. The fourth-order valence-electron chi connectivity index (χ4n) is 2.04. The van der Waals surface area contributed by atoms with Crippen molar-refractivity contribution in [1.29, 1.82) is 0 Å². The number of amides is 1. The highest BCUT2D eigenvalue weighted by molar-refractivity contribution is 6.31. The van der Waals surface area contributed by atoms with E-state index in [0.717, 1.165) is 16.3 Å². The lowest BCUT2D eigenvalue weighted by Crippen LogP contribution is -2.29. The second-order valence-corrected chi connectivity index (χ2v) is 5.40. The molecule has 0 aliphatic carbocycles. The van der Waals surface area contributed by atoms with E-state index in [1.807, 2.05) is 32.0 Å². The predicted molar refractivity (Wildman–Crippen MR) is 79.1 cm³/mol. The van der Waals surface area contributed by atoms with E-state index >= 15 is 0 Å². The number of carbonyl (C=O) groups excluding carboxylic acids is 1. The summed E-state index contributed by atoms with van der Waals surface area (Å²) in [5, 5.41) is 5.16. The fraction of sp³-hybridized carbons (Fsp3) is 0.200. The molecule has 102 valence electrons. The number of benzene rings is 1. The average Bonchev–Trinajstić information content (AvgIpc) is 2.78.